The average molecular weight is 585 g/mol. The van der Waals surface area contributed by atoms with Crippen LogP contribution in [0.25, 0.3) is 0 Å². The van der Waals surface area contributed by atoms with E-state index in [1.165, 1.54) is 139 Å². The van der Waals surface area contributed by atoms with Gasteiger partial charge in [0.05, 0.1) is 0 Å². The van der Waals surface area contributed by atoms with Crippen molar-refractivity contribution in [2.75, 3.05) is 0 Å². The van der Waals surface area contributed by atoms with Gasteiger partial charge >= 0.3 is 0 Å². The molecule has 238 valence electrons. The fourth-order valence-electron chi connectivity index (χ4n) is 7.06. The topological polar surface area (TPSA) is 17.8 Å². The molecule has 0 spiro atoms. The van der Waals surface area contributed by atoms with E-state index in [4.69, 9.17) is 4.98 Å². The van der Waals surface area contributed by atoms with Crippen LogP contribution < -0.4 is 0 Å². The first-order valence-electron chi connectivity index (χ1n) is 18.3. The van der Waals surface area contributed by atoms with Gasteiger partial charge in [-0.05, 0) is 30.4 Å². The summed E-state index contributed by atoms with van der Waals surface area (Å²) < 4.78 is 2.50. The van der Waals surface area contributed by atoms with Crippen molar-refractivity contribution in [3.8, 4) is 0 Å². The molecule has 1 aromatic heterocycles. The lowest BCUT2D eigenvalue weighted by Gasteiger charge is -2.39. The minimum atomic E-state index is -0.0183. The number of nitrogens with zero attached hydrogens (tertiary/aromatic N) is 2. The van der Waals surface area contributed by atoms with E-state index in [-0.39, 0.29) is 5.41 Å². The van der Waals surface area contributed by atoms with E-state index in [1.807, 2.05) is 0 Å². The third-order valence-electron chi connectivity index (χ3n) is 9.77. The van der Waals surface area contributed by atoms with E-state index < -0.39 is 0 Å². The summed E-state index contributed by atoms with van der Waals surface area (Å²) in [5.41, 5.74) is 2.82. The molecule has 0 radical (unpaired) electrons. The number of hydrogen-bond acceptors (Lipinski definition) is 1. The lowest BCUT2D eigenvalue weighted by Crippen LogP contribution is -2.35. The molecule has 0 N–H and O–H groups in total. The molecule has 2 heteroatoms. The zero-order chi connectivity index (χ0) is 30.4. The Morgan fingerprint density at radius 3 is 1.63 bits per heavy atom. The fraction of sp³-hybridized carbons (Fsp3) is 0.634. The molecule has 2 atom stereocenters. The van der Waals surface area contributed by atoms with Crippen LogP contribution >= 0.6 is 0 Å². The number of imidazole rings is 1. The monoisotopic (exact) mass is 585 g/mol. The lowest BCUT2D eigenvalue weighted by molar-refractivity contribution is 0.324. The molecule has 0 amide bonds. The van der Waals surface area contributed by atoms with Gasteiger partial charge in [0.2, 0.25) is 0 Å². The molecular weight excluding hydrogens is 520 g/mol. The third-order valence-corrected chi connectivity index (χ3v) is 9.77. The highest BCUT2D eigenvalue weighted by molar-refractivity contribution is 5.33. The Balaban J connectivity index is 1.46. The Kier molecular flexibility index (Phi) is 17.5. The Hall–Kier alpha value is -2.35. The highest BCUT2D eigenvalue weighted by atomic mass is 15.1. The summed E-state index contributed by atoms with van der Waals surface area (Å²) in [7, 11) is 0. The van der Waals surface area contributed by atoms with Gasteiger partial charge in [-0.3, -0.25) is 0 Å². The minimum Gasteiger partial charge on any atom is -0.335 e. The molecule has 0 saturated carbocycles. The lowest BCUT2D eigenvalue weighted by atomic mass is 9.66. The quantitative estimate of drug-likeness (QED) is 0.0906. The highest BCUT2D eigenvalue weighted by Crippen LogP contribution is 2.44. The van der Waals surface area contributed by atoms with Crippen LogP contribution in [0.15, 0.2) is 73.1 Å². The molecule has 2 unspecified atom stereocenters. The first-order valence-corrected chi connectivity index (χ1v) is 18.3. The maximum absolute atomic E-state index is 5.06. The van der Waals surface area contributed by atoms with E-state index in [0.717, 1.165) is 13.0 Å². The van der Waals surface area contributed by atoms with Gasteiger partial charge in [0.15, 0.2) is 0 Å². The standard InChI is InChI=1S/C41H64N2/c1-4-6-8-9-10-11-12-13-14-15-16-17-18-19-20-27-34-43-35-33-42-40(43)39(32-7-5-2)41(3,38-30-25-22-26-31-38)36-37-28-23-21-24-29-37/h21-26,28-31,33,35,39H,4-20,27,32,34,36H2,1-3H3. The largest absolute Gasteiger partial charge is 0.335 e. The Labute approximate surface area is 266 Å². The summed E-state index contributed by atoms with van der Waals surface area (Å²) in [5, 5.41) is 0. The first kappa shape index (κ1) is 35.1. The van der Waals surface area contributed by atoms with Gasteiger partial charge in [-0.15, -0.1) is 0 Å². The van der Waals surface area contributed by atoms with Crippen molar-refractivity contribution >= 4 is 0 Å². The van der Waals surface area contributed by atoms with Gasteiger partial charge in [0.25, 0.3) is 0 Å². The normalized spacial score (nSPS) is 13.7. The molecule has 0 saturated heterocycles. The predicted octanol–water partition coefficient (Wildman–Crippen LogP) is 12.6. The molecule has 3 aromatic rings. The molecule has 3 rings (SSSR count). The van der Waals surface area contributed by atoms with Crippen molar-refractivity contribution in [1.82, 2.24) is 9.55 Å². The number of aryl methyl sites for hydroxylation is 1. The van der Waals surface area contributed by atoms with Crippen molar-refractivity contribution in [2.24, 2.45) is 0 Å². The molecule has 0 aliphatic heterocycles. The van der Waals surface area contributed by atoms with Crippen LogP contribution in [0.3, 0.4) is 0 Å². The molecule has 2 aromatic carbocycles. The number of aromatic nitrogens is 2. The number of unbranched alkanes of at least 4 members (excludes halogenated alkanes) is 16. The van der Waals surface area contributed by atoms with E-state index in [0.29, 0.717) is 5.92 Å². The van der Waals surface area contributed by atoms with Gasteiger partial charge in [-0.25, -0.2) is 4.98 Å². The van der Waals surface area contributed by atoms with Gasteiger partial charge in [0.1, 0.15) is 5.82 Å². The van der Waals surface area contributed by atoms with E-state index in [1.54, 1.807) is 0 Å². The highest BCUT2D eigenvalue weighted by Gasteiger charge is 2.39. The predicted molar refractivity (Wildman–Crippen MR) is 188 cm³/mol. The zero-order valence-corrected chi connectivity index (χ0v) is 28.2. The summed E-state index contributed by atoms with van der Waals surface area (Å²) in [6.07, 6.45) is 31.5. The summed E-state index contributed by atoms with van der Waals surface area (Å²) in [6.45, 7) is 8.20. The summed E-state index contributed by atoms with van der Waals surface area (Å²) in [4.78, 5) is 5.06. The Bertz CT molecular complexity index is 1060. The van der Waals surface area contributed by atoms with Crippen molar-refractivity contribution in [1.29, 1.82) is 0 Å². The van der Waals surface area contributed by atoms with Crippen molar-refractivity contribution in [2.45, 2.75) is 167 Å². The van der Waals surface area contributed by atoms with Gasteiger partial charge < -0.3 is 4.57 Å². The second-order valence-electron chi connectivity index (χ2n) is 13.4. The molecule has 43 heavy (non-hydrogen) atoms. The van der Waals surface area contributed by atoms with Crippen LogP contribution in [0.2, 0.25) is 0 Å². The Morgan fingerprint density at radius 2 is 1.09 bits per heavy atom. The van der Waals surface area contributed by atoms with Crippen LogP contribution in [0.1, 0.15) is 166 Å². The smallest absolute Gasteiger partial charge is 0.112 e. The van der Waals surface area contributed by atoms with E-state index in [9.17, 15) is 0 Å². The zero-order valence-electron chi connectivity index (χ0n) is 28.2. The second-order valence-corrected chi connectivity index (χ2v) is 13.4. The van der Waals surface area contributed by atoms with Crippen LogP contribution in [-0.2, 0) is 18.4 Å². The maximum Gasteiger partial charge on any atom is 0.112 e. The fourth-order valence-corrected chi connectivity index (χ4v) is 7.06. The molecule has 1 heterocycles. The molecular formula is C41H64N2. The molecule has 0 fully saturated rings. The summed E-state index contributed by atoms with van der Waals surface area (Å²) >= 11 is 0. The van der Waals surface area contributed by atoms with Crippen molar-refractivity contribution < 1.29 is 0 Å². The molecule has 0 aliphatic carbocycles. The van der Waals surface area contributed by atoms with Crippen LogP contribution in [0.4, 0.5) is 0 Å². The summed E-state index contributed by atoms with van der Waals surface area (Å²) in [5.74, 6) is 1.67. The van der Waals surface area contributed by atoms with Crippen molar-refractivity contribution in [3.05, 3.63) is 90.0 Å². The van der Waals surface area contributed by atoms with E-state index in [2.05, 4.69) is 98.4 Å². The van der Waals surface area contributed by atoms with E-state index >= 15 is 0 Å². The van der Waals surface area contributed by atoms with Crippen LogP contribution in [0, 0.1) is 0 Å². The van der Waals surface area contributed by atoms with Gasteiger partial charge in [-0.2, -0.15) is 0 Å². The Morgan fingerprint density at radius 1 is 0.605 bits per heavy atom. The first-order chi connectivity index (χ1) is 21.2. The number of rotatable bonds is 25. The second kappa shape index (κ2) is 21.4. The van der Waals surface area contributed by atoms with Crippen LogP contribution in [-0.4, -0.2) is 9.55 Å². The third kappa shape index (κ3) is 12.7. The van der Waals surface area contributed by atoms with Crippen molar-refractivity contribution in [3.63, 3.8) is 0 Å². The average Bonchev–Trinajstić information content (AvgIpc) is 3.50. The molecule has 0 aliphatic rings. The SMILES string of the molecule is CCCCCCCCCCCCCCCCCCn1ccnc1C(CCCC)C(C)(Cc1ccccc1)c1ccccc1. The van der Waals surface area contributed by atoms with Gasteiger partial charge in [0, 0.05) is 30.3 Å². The number of benzene rings is 2. The minimum absolute atomic E-state index is 0.0183. The van der Waals surface area contributed by atoms with Crippen LogP contribution in [0.5, 0.6) is 0 Å². The molecule has 0 bridgehead atoms. The van der Waals surface area contributed by atoms with Gasteiger partial charge in [-0.1, -0.05) is 191 Å². The molecule has 2 nitrogen and oxygen atoms in total. The number of hydrogen-bond donors (Lipinski definition) is 0. The maximum atomic E-state index is 5.06. The summed E-state index contributed by atoms with van der Waals surface area (Å²) in [6, 6.07) is 22.3.